The Balaban J connectivity index is 2.27. The Morgan fingerprint density at radius 1 is 1.14 bits per heavy atom. The molecule has 0 radical (unpaired) electrons. The SMILES string of the molecule is Cc1ccc(Br)cc1-c1noc(N)c1-c1ccccc1Cl. The normalized spacial score (nSPS) is 10.8. The Kier molecular flexibility index (Phi) is 3.74. The van der Waals surface area contributed by atoms with Gasteiger partial charge in [-0.2, -0.15) is 0 Å². The first-order valence-corrected chi connectivity index (χ1v) is 7.51. The molecule has 0 bridgehead atoms. The lowest BCUT2D eigenvalue weighted by molar-refractivity contribution is 0.439. The summed E-state index contributed by atoms with van der Waals surface area (Å²) in [4.78, 5) is 0. The monoisotopic (exact) mass is 362 g/mol. The molecule has 3 aromatic rings. The van der Waals surface area contributed by atoms with Crippen LogP contribution in [0.5, 0.6) is 0 Å². The topological polar surface area (TPSA) is 52.0 Å². The first-order chi connectivity index (χ1) is 10.1. The van der Waals surface area contributed by atoms with Crippen LogP contribution in [-0.2, 0) is 0 Å². The van der Waals surface area contributed by atoms with E-state index in [1.54, 1.807) is 0 Å². The maximum atomic E-state index is 6.28. The van der Waals surface area contributed by atoms with Crippen LogP contribution in [0.3, 0.4) is 0 Å². The summed E-state index contributed by atoms with van der Waals surface area (Å²) >= 11 is 9.76. The van der Waals surface area contributed by atoms with Crippen molar-refractivity contribution in [1.82, 2.24) is 5.16 Å². The van der Waals surface area contributed by atoms with Gasteiger partial charge in [0, 0.05) is 20.6 Å². The van der Waals surface area contributed by atoms with Crippen molar-refractivity contribution in [1.29, 1.82) is 0 Å². The molecule has 21 heavy (non-hydrogen) atoms. The third-order valence-electron chi connectivity index (χ3n) is 3.32. The number of rotatable bonds is 2. The van der Waals surface area contributed by atoms with E-state index in [1.165, 1.54) is 0 Å². The molecule has 0 aliphatic carbocycles. The molecule has 5 heteroatoms. The number of aromatic nitrogens is 1. The minimum absolute atomic E-state index is 0.262. The summed E-state index contributed by atoms with van der Waals surface area (Å²) in [5, 5.41) is 4.74. The van der Waals surface area contributed by atoms with Crippen LogP contribution in [0.2, 0.25) is 5.02 Å². The van der Waals surface area contributed by atoms with Crippen LogP contribution in [0.15, 0.2) is 51.5 Å². The number of nitrogen functional groups attached to an aromatic ring is 1. The van der Waals surface area contributed by atoms with Crippen molar-refractivity contribution >= 4 is 33.4 Å². The highest BCUT2D eigenvalue weighted by molar-refractivity contribution is 9.10. The van der Waals surface area contributed by atoms with E-state index in [-0.39, 0.29) is 5.88 Å². The van der Waals surface area contributed by atoms with Crippen LogP contribution in [0.25, 0.3) is 22.4 Å². The fraction of sp³-hybridized carbons (Fsp3) is 0.0625. The van der Waals surface area contributed by atoms with Crippen LogP contribution in [0, 0.1) is 6.92 Å². The van der Waals surface area contributed by atoms with Crippen molar-refractivity contribution in [2.24, 2.45) is 0 Å². The highest BCUT2D eigenvalue weighted by Crippen LogP contribution is 2.40. The predicted octanol–water partition coefficient (Wildman–Crippen LogP) is 5.32. The Labute approximate surface area is 135 Å². The molecule has 1 aromatic heterocycles. The number of nitrogens with zero attached hydrogens (tertiary/aromatic N) is 1. The average Bonchev–Trinajstić information content (AvgIpc) is 2.84. The molecule has 0 amide bonds. The van der Waals surface area contributed by atoms with E-state index in [9.17, 15) is 0 Å². The molecule has 0 saturated carbocycles. The lowest BCUT2D eigenvalue weighted by Crippen LogP contribution is -1.90. The molecule has 0 aliphatic rings. The minimum Gasteiger partial charge on any atom is -0.367 e. The third kappa shape index (κ3) is 2.57. The number of halogens is 2. The molecule has 0 fully saturated rings. The van der Waals surface area contributed by atoms with Crippen LogP contribution in [0.4, 0.5) is 5.88 Å². The molecule has 0 spiro atoms. The van der Waals surface area contributed by atoms with Crippen molar-refractivity contribution in [2.75, 3.05) is 5.73 Å². The Hall–Kier alpha value is -1.78. The van der Waals surface area contributed by atoms with E-state index in [0.717, 1.165) is 26.7 Å². The van der Waals surface area contributed by atoms with Gasteiger partial charge < -0.3 is 10.3 Å². The maximum Gasteiger partial charge on any atom is 0.230 e. The van der Waals surface area contributed by atoms with Crippen LogP contribution in [0.1, 0.15) is 5.56 Å². The quantitative estimate of drug-likeness (QED) is 0.671. The highest BCUT2D eigenvalue weighted by atomic mass is 79.9. The fourth-order valence-electron chi connectivity index (χ4n) is 2.26. The van der Waals surface area contributed by atoms with Gasteiger partial charge >= 0.3 is 0 Å². The maximum absolute atomic E-state index is 6.28. The molecule has 0 atom stereocenters. The summed E-state index contributed by atoms with van der Waals surface area (Å²) < 4.78 is 6.18. The van der Waals surface area contributed by atoms with Crippen LogP contribution < -0.4 is 5.73 Å². The second-order valence-electron chi connectivity index (χ2n) is 4.71. The van der Waals surface area contributed by atoms with E-state index >= 15 is 0 Å². The summed E-state index contributed by atoms with van der Waals surface area (Å²) in [6.07, 6.45) is 0. The molecule has 3 rings (SSSR count). The first-order valence-electron chi connectivity index (χ1n) is 6.34. The number of nitrogens with two attached hydrogens (primary N) is 1. The van der Waals surface area contributed by atoms with Gasteiger partial charge in [-0.05, 0) is 30.7 Å². The molecule has 3 nitrogen and oxygen atoms in total. The average molecular weight is 364 g/mol. The smallest absolute Gasteiger partial charge is 0.230 e. The Bertz CT molecular complexity index is 814. The van der Waals surface area contributed by atoms with E-state index in [4.69, 9.17) is 21.9 Å². The lowest BCUT2D eigenvalue weighted by Gasteiger charge is -2.07. The van der Waals surface area contributed by atoms with Gasteiger partial charge in [0.05, 0.1) is 5.56 Å². The summed E-state index contributed by atoms with van der Waals surface area (Å²) in [6, 6.07) is 13.5. The molecule has 106 valence electrons. The van der Waals surface area contributed by atoms with E-state index in [1.807, 2.05) is 49.4 Å². The van der Waals surface area contributed by atoms with Crippen molar-refractivity contribution in [3.05, 3.63) is 57.5 Å². The van der Waals surface area contributed by atoms with Crippen LogP contribution in [-0.4, -0.2) is 5.16 Å². The largest absolute Gasteiger partial charge is 0.367 e. The van der Waals surface area contributed by atoms with Gasteiger partial charge in [0.2, 0.25) is 5.88 Å². The van der Waals surface area contributed by atoms with Gasteiger partial charge in [0.25, 0.3) is 0 Å². The van der Waals surface area contributed by atoms with Crippen LogP contribution >= 0.6 is 27.5 Å². The number of hydrogen-bond donors (Lipinski definition) is 1. The summed E-state index contributed by atoms with van der Waals surface area (Å²) in [5.74, 6) is 0.262. The zero-order chi connectivity index (χ0) is 15.0. The predicted molar refractivity (Wildman–Crippen MR) is 89.2 cm³/mol. The Morgan fingerprint density at radius 3 is 2.67 bits per heavy atom. The third-order valence-corrected chi connectivity index (χ3v) is 4.14. The molecule has 1 heterocycles. The first kappa shape index (κ1) is 14.2. The number of aryl methyl sites for hydroxylation is 1. The van der Waals surface area contributed by atoms with Gasteiger partial charge in [-0.15, -0.1) is 0 Å². The standard InChI is InChI=1S/C16H12BrClN2O/c1-9-6-7-10(17)8-12(9)15-14(16(19)21-20-15)11-4-2-3-5-13(11)18/h2-8H,19H2,1H3. The van der Waals surface area contributed by atoms with Gasteiger partial charge in [-0.25, -0.2) is 0 Å². The van der Waals surface area contributed by atoms with Crippen molar-refractivity contribution in [2.45, 2.75) is 6.92 Å². The Morgan fingerprint density at radius 2 is 1.90 bits per heavy atom. The van der Waals surface area contributed by atoms with Gasteiger partial charge in [0.15, 0.2) is 0 Å². The summed E-state index contributed by atoms with van der Waals surface area (Å²) in [7, 11) is 0. The lowest BCUT2D eigenvalue weighted by atomic mass is 9.98. The summed E-state index contributed by atoms with van der Waals surface area (Å²) in [5.41, 5.74) is 10.2. The molecule has 0 unspecified atom stereocenters. The fourth-order valence-corrected chi connectivity index (χ4v) is 2.85. The zero-order valence-corrected chi connectivity index (χ0v) is 13.6. The van der Waals surface area contributed by atoms with Gasteiger partial charge in [-0.1, -0.05) is 57.0 Å². The molecular formula is C16H12BrClN2O. The second-order valence-corrected chi connectivity index (χ2v) is 6.03. The molecule has 0 aliphatic heterocycles. The van der Waals surface area contributed by atoms with Gasteiger partial charge in [-0.3, -0.25) is 0 Å². The van der Waals surface area contributed by atoms with Crippen molar-refractivity contribution in [3.63, 3.8) is 0 Å². The molecule has 2 aromatic carbocycles. The minimum atomic E-state index is 0.262. The molecular weight excluding hydrogens is 352 g/mol. The van der Waals surface area contributed by atoms with Crippen molar-refractivity contribution < 1.29 is 4.52 Å². The van der Waals surface area contributed by atoms with E-state index < -0.39 is 0 Å². The molecule has 2 N–H and O–H groups in total. The van der Waals surface area contributed by atoms with E-state index in [0.29, 0.717) is 10.7 Å². The second kappa shape index (κ2) is 5.54. The van der Waals surface area contributed by atoms with Crippen molar-refractivity contribution in [3.8, 4) is 22.4 Å². The number of benzene rings is 2. The number of hydrogen-bond acceptors (Lipinski definition) is 3. The summed E-state index contributed by atoms with van der Waals surface area (Å²) in [6.45, 7) is 2.02. The number of anilines is 1. The zero-order valence-electron chi connectivity index (χ0n) is 11.2. The molecule has 0 saturated heterocycles. The van der Waals surface area contributed by atoms with E-state index in [2.05, 4.69) is 21.1 Å². The van der Waals surface area contributed by atoms with Gasteiger partial charge in [0.1, 0.15) is 5.69 Å². The highest BCUT2D eigenvalue weighted by Gasteiger charge is 2.20.